The molecule has 0 aromatic heterocycles. The van der Waals surface area contributed by atoms with Crippen LogP contribution in [0.3, 0.4) is 0 Å². The molecule has 3 rings (SSSR count). The van der Waals surface area contributed by atoms with E-state index >= 15 is 0 Å². The number of nitrogens with one attached hydrogen (secondary N) is 2. The van der Waals surface area contributed by atoms with Gasteiger partial charge in [0.2, 0.25) is 10.0 Å². The van der Waals surface area contributed by atoms with Gasteiger partial charge in [-0.05, 0) is 31.9 Å². The molecule has 7 heteroatoms. The topological polar surface area (TPSA) is 70.9 Å². The maximum Gasteiger partial charge on any atom is 0.278 e. The number of hydrogen-bond acceptors (Lipinski definition) is 3. The minimum absolute atomic E-state index is 0.0851. The second-order valence-corrected chi connectivity index (χ2v) is 8.32. The minimum atomic E-state index is -3.42. The molecule has 0 radical (unpaired) electrons. The largest absolute Gasteiger partial charge is 0.348 e. The van der Waals surface area contributed by atoms with Crippen LogP contribution in [-0.2, 0) is 14.8 Å². The van der Waals surface area contributed by atoms with Crippen LogP contribution in [0.5, 0.6) is 0 Å². The van der Waals surface area contributed by atoms with Crippen molar-refractivity contribution in [3.63, 3.8) is 0 Å². The Labute approximate surface area is 137 Å². The van der Waals surface area contributed by atoms with Gasteiger partial charge in [0.15, 0.2) is 6.04 Å². The molecule has 2 N–H and O–H groups in total. The smallest absolute Gasteiger partial charge is 0.278 e. The zero-order valence-corrected chi connectivity index (χ0v) is 14.2. The fourth-order valence-electron chi connectivity index (χ4n) is 2.93. The Hall–Kier alpha value is -1.44. The van der Waals surface area contributed by atoms with Crippen LogP contribution in [0.25, 0.3) is 0 Å². The number of nitrogens with zero attached hydrogens (tertiary/aromatic N) is 1. The number of carbonyl (C=O) groups excluding carboxylic acids is 1. The molecule has 23 heavy (non-hydrogen) atoms. The third-order valence-corrected chi connectivity index (χ3v) is 6.59. The summed E-state index contributed by atoms with van der Waals surface area (Å²) in [7, 11) is -3.42. The summed E-state index contributed by atoms with van der Waals surface area (Å²) >= 11 is 0. The second kappa shape index (κ2) is 6.59. The average Bonchev–Trinajstić information content (AvgIpc) is 3.39. The van der Waals surface area contributed by atoms with Crippen LogP contribution >= 0.6 is 0 Å². The van der Waals surface area contributed by atoms with E-state index in [-0.39, 0.29) is 11.9 Å². The molecular formula is C16H24N3O3S+. The Morgan fingerprint density at radius 3 is 2.39 bits per heavy atom. The first-order valence-electron chi connectivity index (χ1n) is 8.18. The van der Waals surface area contributed by atoms with Crippen LogP contribution in [-0.4, -0.2) is 56.9 Å². The van der Waals surface area contributed by atoms with Gasteiger partial charge in [-0.1, -0.05) is 18.2 Å². The maximum absolute atomic E-state index is 12.6. The standard InChI is InChI=1S/C16H23N3O3S/c1-13(16(20)17-14-7-8-14)18-9-11-19(12-10-18)23(21,22)15-5-3-2-4-6-15/h2-6,13-14H,7-12H2,1H3,(H,17,20)/p+1/t13-/m1/s1. The molecule has 2 fully saturated rings. The lowest BCUT2D eigenvalue weighted by Crippen LogP contribution is -3.19. The van der Waals surface area contributed by atoms with Crippen molar-refractivity contribution in [2.75, 3.05) is 26.2 Å². The molecule has 2 aliphatic rings. The molecule has 1 aliphatic heterocycles. The van der Waals surface area contributed by atoms with Gasteiger partial charge in [-0.2, -0.15) is 4.31 Å². The predicted molar refractivity (Wildman–Crippen MR) is 86.5 cm³/mol. The van der Waals surface area contributed by atoms with Gasteiger partial charge in [-0.15, -0.1) is 0 Å². The van der Waals surface area contributed by atoms with Gasteiger partial charge < -0.3 is 10.2 Å². The van der Waals surface area contributed by atoms with E-state index < -0.39 is 10.0 Å². The van der Waals surface area contributed by atoms with Gasteiger partial charge in [-0.3, -0.25) is 4.79 Å². The summed E-state index contributed by atoms with van der Waals surface area (Å²) in [6.07, 6.45) is 2.16. The zero-order valence-electron chi connectivity index (χ0n) is 13.4. The fraction of sp³-hybridized carbons (Fsp3) is 0.562. The van der Waals surface area contributed by atoms with E-state index in [0.29, 0.717) is 37.1 Å². The van der Waals surface area contributed by atoms with E-state index in [1.165, 1.54) is 4.31 Å². The van der Waals surface area contributed by atoms with Crippen molar-refractivity contribution in [2.45, 2.75) is 36.7 Å². The minimum Gasteiger partial charge on any atom is -0.348 e. The average molecular weight is 338 g/mol. The molecule has 1 saturated heterocycles. The van der Waals surface area contributed by atoms with E-state index in [4.69, 9.17) is 0 Å². The number of carbonyl (C=O) groups is 1. The van der Waals surface area contributed by atoms with Gasteiger partial charge in [0.25, 0.3) is 5.91 Å². The molecule has 1 aromatic carbocycles. The van der Waals surface area contributed by atoms with Crippen molar-refractivity contribution in [1.82, 2.24) is 9.62 Å². The van der Waals surface area contributed by atoms with Crippen molar-refractivity contribution in [3.8, 4) is 0 Å². The van der Waals surface area contributed by atoms with Crippen molar-refractivity contribution in [1.29, 1.82) is 0 Å². The molecule has 6 nitrogen and oxygen atoms in total. The number of piperazine rings is 1. The summed E-state index contributed by atoms with van der Waals surface area (Å²) in [6.45, 7) is 4.15. The van der Waals surface area contributed by atoms with Crippen molar-refractivity contribution >= 4 is 15.9 Å². The zero-order chi connectivity index (χ0) is 16.4. The van der Waals surface area contributed by atoms with Crippen LogP contribution in [0.4, 0.5) is 0 Å². The first kappa shape index (κ1) is 16.4. The molecule has 126 valence electrons. The highest BCUT2D eigenvalue weighted by Crippen LogP contribution is 2.18. The first-order chi connectivity index (χ1) is 11.0. The number of amides is 1. The molecule has 1 atom stereocenters. The van der Waals surface area contributed by atoms with Crippen LogP contribution in [0.1, 0.15) is 19.8 Å². The number of sulfonamides is 1. The van der Waals surface area contributed by atoms with Gasteiger partial charge in [-0.25, -0.2) is 8.42 Å². The second-order valence-electron chi connectivity index (χ2n) is 6.38. The van der Waals surface area contributed by atoms with Crippen LogP contribution in [0.2, 0.25) is 0 Å². The SMILES string of the molecule is C[C@H](C(=O)NC1CC1)[NH+]1CCN(S(=O)(=O)c2ccccc2)CC1. The highest BCUT2D eigenvalue weighted by molar-refractivity contribution is 7.89. The highest BCUT2D eigenvalue weighted by atomic mass is 32.2. The summed E-state index contributed by atoms with van der Waals surface area (Å²) in [6, 6.07) is 8.76. The number of benzene rings is 1. The van der Waals surface area contributed by atoms with Gasteiger partial charge in [0, 0.05) is 6.04 Å². The van der Waals surface area contributed by atoms with E-state index in [1.807, 2.05) is 6.92 Å². The van der Waals surface area contributed by atoms with Crippen molar-refractivity contribution in [2.24, 2.45) is 0 Å². The van der Waals surface area contributed by atoms with E-state index in [1.54, 1.807) is 30.3 Å². The molecule has 1 heterocycles. The Morgan fingerprint density at radius 2 is 1.83 bits per heavy atom. The van der Waals surface area contributed by atoms with Crippen LogP contribution < -0.4 is 10.2 Å². The lowest BCUT2D eigenvalue weighted by atomic mass is 10.2. The summed E-state index contributed by atoms with van der Waals surface area (Å²) < 4.78 is 26.7. The summed E-state index contributed by atoms with van der Waals surface area (Å²) in [5, 5.41) is 3.03. The van der Waals surface area contributed by atoms with Crippen molar-refractivity contribution < 1.29 is 18.1 Å². The predicted octanol–water partition coefficient (Wildman–Crippen LogP) is -0.757. The number of hydrogen-bond donors (Lipinski definition) is 2. The monoisotopic (exact) mass is 338 g/mol. The Balaban J connectivity index is 1.58. The first-order valence-corrected chi connectivity index (χ1v) is 9.62. The molecular weight excluding hydrogens is 314 g/mol. The van der Waals surface area contributed by atoms with Crippen LogP contribution in [0, 0.1) is 0 Å². The Kier molecular flexibility index (Phi) is 4.70. The molecule has 0 spiro atoms. The third-order valence-electron chi connectivity index (χ3n) is 4.68. The maximum atomic E-state index is 12.6. The quantitative estimate of drug-likeness (QED) is 0.742. The summed E-state index contributed by atoms with van der Waals surface area (Å²) in [4.78, 5) is 13.6. The lowest BCUT2D eigenvalue weighted by Gasteiger charge is -2.34. The fourth-order valence-corrected chi connectivity index (χ4v) is 4.39. The van der Waals surface area contributed by atoms with Gasteiger partial charge in [0.1, 0.15) is 0 Å². The van der Waals surface area contributed by atoms with Crippen molar-refractivity contribution in [3.05, 3.63) is 30.3 Å². The van der Waals surface area contributed by atoms with E-state index in [0.717, 1.165) is 17.7 Å². The highest BCUT2D eigenvalue weighted by Gasteiger charge is 2.35. The van der Waals surface area contributed by atoms with Gasteiger partial charge >= 0.3 is 0 Å². The number of rotatable bonds is 5. The van der Waals surface area contributed by atoms with Crippen LogP contribution in [0.15, 0.2) is 35.2 Å². The third kappa shape index (κ3) is 3.73. The Bertz CT molecular complexity index is 650. The van der Waals surface area contributed by atoms with E-state index in [9.17, 15) is 13.2 Å². The lowest BCUT2D eigenvalue weighted by molar-refractivity contribution is -0.917. The normalized spacial score (nSPS) is 21.8. The van der Waals surface area contributed by atoms with E-state index in [2.05, 4.69) is 5.32 Å². The van der Waals surface area contributed by atoms with Gasteiger partial charge in [0.05, 0.1) is 31.1 Å². The molecule has 0 unspecified atom stereocenters. The molecule has 0 bridgehead atoms. The summed E-state index contributed by atoms with van der Waals surface area (Å²) in [5.41, 5.74) is 0. The molecule has 1 aliphatic carbocycles. The molecule has 1 aromatic rings. The molecule has 1 saturated carbocycles. The molecule has 1 amide bonds. The Morgan fingerprint density at radius 1 is 1.22 bits per heavy atom. The summed E-state index contributed by atoms with van der Waals surface area (Å²) in [5.74, 6) is 0.0851. The number of quaternary nitrogens is 1.